The van der Waals surface area contributed by atoms with Crippen LogP contribution in [-0.4, -0.2) is 35.2 Å². The number of carbonyl (C=O) groups excluding carboxylic acids is 2. The zero-order valence-electron chi connectivity index (χ0n) is 16.2. The molecule has 0 bridgehead atoms. The van der Waals surface area contributed by atoms with Gasteiger partial charge in [-0.15, -0.1) is 0 Å². The number of hydrogen-bond acceptors (Lipinski definition) is 8. The third-order valence-electron chi connectivity index (χ3n) is 3.44. The van der Waals surface area contributed by atoms with Gasteiger partial charge in [0.25, 0.3) is 11.4 Å². The van der Waals surface area contributed by atoms with Crippen molar-refractivity contribution >= 4 is 34.9 Å². The molecule has 0 spiro atoms. The highest BCUT2D eigenvalue weighted by Gasteiger charge is 2.07. The highest BCUT2D eigenvalue weighted by Crippen LogP contribution is 2.16. The monoisotopic (exact) mass is 438 g/mol. The van der Waals surface area contributed by atoms with Gasteiger partial charge in [0.15, 0.2) is 13.2 Å². The Hall–Kier alpha value is -5.10. The summed E-state index contributed by atoms with van der Waals surface area (Å²) < 4.78 is 9.59. The summed E-state index contributed by atoms with van der Waals surface area (Å²) in [6, 6.07) is 10.4. The van der Waals surface area contributed by atoms with Crippen LogP contribution in [0, 0.1) is 43.9 Å². The third kappa shape index (κ3) is 8.10. The van der Waals surface area contributed by atoms with E-state index in [0.29, 0.717) is 11.4 Å². The summed E-state index contributed by atoms with van der Waals surface area (Å²) in [5.74, 6) is 9.72. The van der Waals surface area contributed by atoms with Crippen molar-refractivity contribution in [2.45, 2.75) is 0 Å². The maximum absolute atomic E-state index is 11.6. The number of carbonyl (C=O) groups is 2. The second-order valence-corrected chi connectivity index (χ2v) is 5.61. The standard InChI is InChI=1S/C20H14N4O8/c25-19(21-15-5-9-17(10-6-15)23(27)28)31-13-3-1-2-4-14-32-20(26)22-16-7-11-18(12-8-16)24(29)30/h5-12H,13-14H2,(H,21,25)(H,22,26). The minimum absolute atomic E-state index is 0.110. The van der Waals surface area contributed by atoms with Gasteiger partial charge in [0.1, 0.15) is 0 Å². The van der Waals surface area contributed by atoms with Crippen molar-refractivity contribution in [3.8, 4) is 23.7 Å². The van der Waals surface area contributed by atoms with E-state index in [-0.39, 0.29) is 24.6 Å². The normalized spacial score (nSPS) is 9.12. The quantitative estimate of drug-likeness (QED) is 0.394. The fourth-order valence-electron chi connectivity index (χ4n) is 2.00. The maximum Gasteiger partial charge on any atom is 0.412 e. The Kier molecular flexibility index (Phi) is 8.54. The summed E-state index contributed by atoms with van der Waals surface area (Å²) in [7, 11) is 0. The number of hydrogen-bond donors (Lipinski definition) is 2. The summed E-state index contributed by atoms with van der Waals surface area (Å²) in [4.78, 5) is 43.1. The second-order valence-electron chi connectivity index (χ2n) is 5.61. The van der Waals surface area contributed by atoms with Crippen LogP contribution in [0.4, 0.5) is 32.3 Å². The molecule has 0 fully saturated rings. The first-order valence-electron chi connectivity index (χ1n) is 8.67. The fraction of sp³-hybridized carbons (Fsp3) is 0.100. The molecular formula is C20H14N4O8. The number of nitro benzene ring substituents is 2. The number of benzene rings is 2. The second kappa shape index (κ2) is 11.8. The molecule has 0 unspecified atom stereocenters. The summed E-state index contributed by atoms with van der Waals surface area (Å²) in [6.07, 6.45) is -1.60. The molecule has 0 saturated carbocycles. The third-order valence-corrected chi connectivity index (χ3v) is 3.44. The molecule has 0 heterocycles. The molecule has 0 aliphatic rings. The topological polar surface area (TPSA) is 163 Å². The first kappa shape index (κ1) is 23.2. The van der Waals surface area contributed by atoms with E-state index in [4.69, 9.17) is 9.47 Å². The number of nitrogens with zero attached hydrogens (tertiary/aromatic N) is 2. The average molecular weight is 438 g/mol. The molecule has 0 atom stereocenters. The minimum atomic E-state index is -0.799. The van der Waals surface area contributed by atoms with Crippen molar-refractivity contribution in [2.75, 3.05) is 23.8 Å². The van der Waals surface area contributed by atoms with E-state index >= 15 is 0 Å². The highest BCUT2D eigenvalue weighted by atomic mass is 16.6. The molecule has 0 aromatic heterocycles. The van der Waals surface area contributed by atoms with Crippen LogP contribution in [0.5, 0.6) is 0 Å². The number of nitrogens with one attached hydrogen (secondary N) is 2. The van der Waals surface area contributed by atoms with Crippen LogP contribution in [0.3, 0.4) is 0 Å². The van der Waals surface area contributed by atoms with Gasteiger partial charge in [0.2, 0.25) is 0 Å². The van der Waals surface area contributed by atoms with Crippen LogP contribution < -0.4 is 10.6 Å². The van der Waals surface area contributed by atoms with Crippen LogP contribution in [0.25, 0.3) is 0 Å². The van der Waals surface area contributed by atoms with Gasteiger partial charge in [0, 0.05) is 35.6 Å². The molecule has 2 aromatic carbocycles. The van der Waals surface area contributed by atoms with Gasteiger partial charge in [-0.1, -0.05) is 0 Å². The number of non-ortho nitro benzene ring substituents is 2. The van der Waals surface area contributed by atoms with E-state index in [1.165, 1.54) is 48.5 Å². The first-order chi connectivity index (χ1) is 15.3. The Balaban J connectivity index is 1.65. The molecule has 162 valence electrons. The van der Waals surface area contributed by atoms with Crippen molar-refractivity contribution in [3.63, 3.8) is 0 Å². The Morgan fingerprint density at radius 3 is 1.38 bits per heavy atom. The molecule has 2 amide bonds. The molecule has 32 heavy (non-hydrogen) atoms. The van der Waals surface area contributed by atoms with Gasteiger partial charge in [-0.3, -0.25) is 30.9 Å². The Morgan fingerprint density at radius 2 is 1.06 bits per heavy atom. The van der Waals surface area contributed by atoms with Gasteiger partial charge in [-0.05, 0) is 47.9 Å². The van der Waals surface area contributed by atoms with Gasteiger partial charge >= 0.3 is 12.2 Å². The lowest BCUT2D eigenvalue weighted by Gasteiger charge is -2.03. The SMILES string of the molecule is O=C(Nc1ccc([N+](=O)[O-])cc1)OCC#CC#CCOC(=O)Nc1ccc([N+](=O)[O-])cc1. The van der Waals surface area contributed by atoms with E-state index < -0.39 is 22.0 Å². The Morgan fingerprint density at radius 1 is 0.719 bits per heavy atom. The predicted octanol–water partition coefficient (Wildman–Crippen LogP) is 3.31. The molecular weight excluding hydrogens is 424 g/mol. The zero-order chi connectivity index (χ0) is 23.3. The Labute approximate surface area is 180 Å². The number of amides is 2. The van der Waals surface area contributed by atoms with Crippen LogP contribution >= 0.6 is 0 Å². The lowest BCUT2D eigenvalue weighted by atomic mass is 10.3. The lowest BCUT2D eigenvalue weighted by Crippen LogP contribution is -2.13. The van der Waals surface area contributed by atoms with Crippen molar-refractivity contribution in [1.29, 1.82) is 0 Å². The van der Waals surface area contributed by atoms with Crippen LogP contribution in [-0.2, 0) is 9.47 Å². The van der Waals surface area contributed by atoms with E-state index in [1.54, 1.807) is 0 Å². The van der Waals surface area contributed by atoms with E-state index in [1.807, 2.05) is 0 Å². The first-order valence-corrected chi connectivity index (χ1v) is 8.67. The molecule has 12 nitrogen and oxygen atoms in total. The highest BCUT2D eigenvalue weighted by molar-refractivity contribution is 5.85. The molecule has 2 N–H and O–H groups in total. The minimum Gasteiger partial charge on any atom is -0.436 e. The average Bonchev–Trinajstić information content (AvgIpc) is 2.76. The van der Waals surface area contributed by atoms with Crippen LogP contribution in [0.15, 0.2) is 48.5 Å². The van der Waals surface area contributed by atoms with Crippen molar-refractivity contribution < 1.29 is 28.9 Å². The van der Waals surface area contributed by atoms with Gasteiger partial charge in [-0.25, -0.2) is 9.59 Å². The molecule has 0 aliphatic carbocycles. The summed E-state index contributed by atoms with van der Waals surface area (Å²) >= 11 is 0. The van der Waals surface area contributed by atoms with E-state index in [9.17, 15) is 29.8 Å². The summed E-state index contributed by atoms with van der Waals surface area (Å²) in [5.41, 5.74) is 0.414. The number of nitro groups is 2. The van der Waals surface area contributed by atoms with Gasteiger partial charge in [-0.2, -0.15) is 0 Å². The molecule has 2 rings (SSSR count). The summed E-state index contributed by atoms with van der Waals surface area (Å²) in [5, 5.41) is 25.9. The zero-order valence-corrected chi connectivity index (χ0v) is 16.2. The maximum atomic E-state index is 11.6. The molecule has 0 radical (unpaired) electrons. The number of anilines is 2. The van der Waals surface area contributed by atoms with Crippen molar-refractivity contribution in [1.82, 2.24) is 0 Å². The molecule has 12 heteroatoms. The van der Waals surface area contributed by atoms with Crippen molar-refractivity contribution in [3.05, 3.63) is 68.8 Å². The number of rotatable bonds is 6. The van der Waals surface area contributed by atoms with Crippen LogP contribution in [0.2, 0.25) is 0 Å². The predicted molar refractivity (Wildman–Crippen MR) is 112 cm³/mol. The largest absolute Gasteiger partial charge is 0.436 e. The van der Waals surface area contributed by atoms with E-state index in [0.717, 1.165) is 0 Å². The number of ether oxygens (including phenoxy) is 2. The van der Waals surface area contributed by atoms with Crippen LogP contribution in [0.1, 0.15) is 0 Å². The van der Waals surface area contributed by atoms with E-state index in [2.05, 4.69) is 34.3 Å². The Bertz CT molecular complexity index is 1030. The summed E-state index contributed by atoms with van der Waals surface area (Å²) in [6.45, 7) is -0.510. The molecule has 2 aromatic rings. The smallest absolute Gasteiger partial charge is 0.412 e. The van der Waals surface area contributed by atoms with Gasteiger partial charge in [0.05, 0.1) is 9.85 Å². The molecule has 0 saturated heterocycles. The fourth-order valence-corrected chi connectivity index (χ4v) is 2.00. The molecule has 0 aliphatic heterocycles. The van der Waals surface area contributed by atoms with Crippen molar-refractivity contribution in [2.24, 2.45) is 0 Å². The lowest BCUT2D eigenvalue weighted by molar-refractivity contribution is -0.385. The van der Waals surface area contributed by atoms with Gasteiger partial charge < -0.3 is 9.47 Å².